The highest BCUT2D eigenvalue weighted by Crippen LogP contribution is 2.30. The average molecular weight is 511 g/mol. The molecule has 0 radical (unpaired) electrons. The summed E-state index contributed by atoms with van der Waals surface area (Å²) in [4.78, 5) is 34.5. The molecule has 0 saturated carbocycles. The van der Waals surface area contributed by atoms with Crippen molar-refractivity contribution >= 4 is 57.6 Å². The Hall–Kier alpha value is -3.62. The second-order valence-corrected chi connectivity index (χ2v) is 9.25. The number of urea groups is 1. The summed E-state index contributed by atoms with van der Waals surface area (Å²) in [5.41, 5.74) is 9.53. The number of hydrogen-bond donors (Lipinski definition) is 3. The normalized spacial score (nSPS) is 11.1. The van der Waals surface area contributed by atoms with Gasteiger partial charge in [0.05, 0.1) is 10.9 Å². The van der Waals surface area contributed by atoms with Crippen LogP contribution in [0.2, 0.25) is 10.0 Å². The van der Waals surface area contributed by atoms with E-state index in [4.69, 9.17) is 28.9 Å². The fourth-order valence-corrected chi connectivity index (χ4v) is 4.25. The van der Waals surface area contributed by atoms with Crippen LogP contribution >= 0.6 is 23.2 Å². The molecule has 0 aliphatic rings. The van der Waals surface area contributed by atoms with Crippen molar-refractivity contribution in [3.05, 3.63) is 81.2 Å². The number of amides is 2. The van der Waals surface area contributed by atoms with Gasteiger partial charge in [-0.25, -0.2) is 14.8 Å². The van der Waals surface area contributed by atoms with Crippen molar-refractivity contribution in [1.82, 2.24) is 19.9 Å². The Morgan fingerprint density at radius 1 is 1.09 bits per heavy atom. The zero-order chi connectivity index (χ0) is 25.3. The number of ketones is 1. The van der Waals surface area contributed by atoms with E-state index in [-0.39, 0.29) is 24.2 Å². The van der Waals surface area contributed by atoms with Crippen molar-refractivity contribution in [1.29, 1.82) is 0 Å². The number of nitrogens with zero attached hydrogens (tertiary/aromatic N) is 3. The third-order valence-electron chi connectivity index (χ3n) is 5.63. The maximum Gasteiger partial charge on any atom is 0.319 e. The second kappa shape index (κ2) is 9.93. The van der Waals surface area contributed by atoms with E-state index < -0.39 is 6.03 Å². The Balaban J connectivity index is 1.58. The monoisotopic (exact) mass is 510 g/mol. The lowest BCUT2D eigenvalue weighted by Crippen LogP contribution is -2.28. The van der Waals surface area contributed by atoms with E-state index in [1.54, 1.807) is 42.6 Å². The first-order valence-electron chi connectivity index (χ1n) is 10.9. The maximum atomic E-state index is 13.6. The Bertz CT molecular complexity index is 1450. The molecule has 4 aromatic rings. The predicted molar refractivity (Wildman–Crippen MR) is 139 cm³/mol. The summed E-state index contributed by atoms with van der Waals surface area (Å²) >= 11 is 12.1. The molecule has 0 fully saturated rings. The van der Waals surface area contributed by atoms with Gasteiger partial charge in [0.1, 0.15) is 17.8 Å². The van der Waals surface area contributed by atoms with Crippen molar-refractivity contribution in [2.24, 2.45) is 0 Å². The number of nitrogens with one attached hydrogen (secondary N) is 2. The Morgan fingerprint density at radius 3 is 2.57 bits per heavy atom. The lowest BCUT2D eigenvalue weighted by molar-refractivity contribution is 0.103. The molecule has 2 aromatic carbocycles. The molecule has 0 saturated heterocycles. The summed E-state index contributed by atoms with van der Waals surface area (Å²) < 4.78 is 1.90. The quantitative estimate of drug-likeness (QED) is 0.285. The molecule has 10 heteroatoms. The number of rotatable bonds is 6. The summed E-state index contributed by atoms with van der Waals surface area (Å²) in [5, 5.41) is 7.01. The molecule has 2 aromatic heterocycles. The third-order valence-corrected chi connectivity index (χ3v) is 6.22. The molecule has 0 aliphatic carbocycles. The summed E-state index contributed by atoms with van der Waals surface area (Å²) in [7, 11) is 0. The van der Waals surface area contributed by atoms with Crippen LogP contribution in [-0.2, 0) is 6.54 Å². The molecule has 180 valence electrons. The SMILES string of the molecule is Cc1ccc(NC(=O)NCc2ccc(Cl)cc2Cl)cc1C(=O)c1cn(C(C)C)c2ncnc(N)c12. The molecular formula is C25H24Cl2N6O2. The molecule has 8 nitrogen and oxygen atoms in total. The van der Waals surface area contributed by atoms with E-state index in [0.29, 0.717) is 37.9 Å². The van der Waals surface area contributed by atoms with Gasteiger partial charge in [0, 0.05) is 40.1 Å². The molecule has 4 rings (SSSR count). The largest absolute Gasteiger partial charge is 0.383 e. The molecular weight excluding hydrogens is 487 g/mol. The Kier molecular flexibility index (Phi) is 6.95. The number of fused-ring (bicyclic) bond motifs is 1. The molecule has 4 N–H and O–H groups in total. The van der Waals surface area contributed by atoms with Gasteiger partial charge in [-0.1, -0.05) is 35.3 Å². The van der Waals surface area contributed by atoms with Gasteiger partial charge in [-0.2, -0.15) is 0 Å². The van der Waals surface area contributed by atoms with Gasteiger partial charge < -0.3 is 20.9 Å². The smallest absolute Gasteiger partial charge is 0.319 e. The highest BCUT2D eigenvalue weighted by molar-refractivity contribution is 6.35. The van der Waals surface area contributed by atoms with Crippen LogP contribution in [0.1, 0.15) is 46.9 Å². The number of carbonyl (C=O) groups is 2. The van der Waals surface area contributed by atoms with Gasteiger partial charge >= 0.3 is 6.03 Å². The number of nitrogen functional groups attached to an aromatic ring is 1. The fraction of sp³-hybridized carbons (Fsp3) is 0.200. The molecule has 0 spiro atoms. The van der Waals surface area contributed by atoms with Crippen molar-refractivity contribution < 1.29 is 9.59 Å². The van der Waals surface area contributed by atoms with Crippen LogP contribution in [0.25, 0.3) is 11.0 Å². The minimum atomic E-state index is -0.438. The van der Waals surface area contributed by atoms with E-state index in [0.717, 1.165) is 11.1 Å². The van der Waals surface area contributed by atoms with Crippen LogP contribution in [0, 0.1) is 6.92 Å². The number of carbonyl (C=O) groups excluding carboxylic acids is 2. The van der Waals surface area contributed by atoms with Crippen LogP contribution in [0.3, 0.4) is 0 Å². The second-order valence-electron chi connectivity index (χ2n) is 8.40. The summed E-state index contributed by atoms with van der Waals surface area (Å²) in [6, 6.07) is 9.85. The Morgan fingerprint density at radius 2 is 1.86 bits per heavy atom. The highest BCUT2D eigenvalue weighted by Gasteiger charge is 2.22. The maximum absolute atomic E-state index is 13.6. The minimum absolute atomic E-state index is 0.0697. The number of nitrogens with two attached hydrogens (primary N) is 1. The van der Waals surface area contributed by atoms with Crippen LogP contribution < -0.4 is 16.4 Å². The van der Waals surface area contributed by atoms with E-state index >= 15 is 0 Å². The summed E-state index contributed by atoms with van der Waals surface area (Å²) in [6.45, 7) is 6.05. The van der Waals surface area contributed by atoms with Crippen LogP contribution in [0.5, 0.6) is 0 Å². The number of anilines is 2. The average Bonchev–Trinajstić information content (AvgIpc) is 3.21. The van der Waals surface area contributed by atoms with Crippen molar-refractivity contribution in [2.45, 2.75) is 33.4 Å². The van der Waals surface area contributed by atoms with E-state index in [9.17, 15) is 9.59 Å². The van der Waals surface area contributed by atoms with Crippen molar-refractivity contribution in [3.63, 3.8) is 0 Å². The first-order chi connectivity index (χ1) is 16.7. The standard InChI is InChI=1S/C25H24Cl2N6O2/c1-13(2)33-11-19(21-23(28)30-12-31-24(21)33)22(34)18-9-17(7-4-14(18)3)32-25(35)29-10-15-5-6-16(26)8-20(15)27/h4-9,11-13H,10H2,1-3H3,(H2,28,30,31)(H2,29,32,35). The Labute approximate surface area is 212 Å². The number of halogens is 2. The van der Waals surface area contributed by atoms with Gasteiger partial charge in [-0.3, -0.25) is 4.79 Å². The third kappa shape index (κ3) is 5.08. The molecule has 0 bridgehead atoms. The first kappa shape index (κ1) is 24.5. The first-order valence-corrected chi connectivity index (χ1v) is 11.7. The fourth-order valence-electron chi connectivity index (χ4n) is 3.78. The van der Waals surface area contributed by atoms with Gasteiger partial charge in [0.2, 0.25) is 0 Å². The number of benzene rings is 2. The van der Waals surface area contributed by atoms with Crippen LogP contribution in [-0.4, -0.2) is 26.3 Å². The topological polar surface area (TPSA) is 115 Å². The van der Waals surface area contributed by atoms with Crippen molar-refractivity contribution in [2.75, 3.05) is 11.1 Å². The van der Waals surface area contributed by atoms with E-state index in [1.807, 2.05) is 25.3 Å². The predicted octanol–water partition coefficient (Wildman–Crippen LogP) is 5.76. The number of aryl methyl sites for hydroxylation is 1. The van der Waals surface area contributed by atoms with E-state index in [1.165, 1.54) is 6.33 Å². The molecule has 2 heterocycles. The molecule has 0 aliphatic heterocycles. The summed E-state index contributed by atoms with van der Waals surface area (Å²) in [5.74, 6) is 0.00956. The molecule has 35 heavy (non-hydrogen) atoms. The zero-order valence-corrected chi connectivity index (χ0v) is 20.9. The molecule has 0 unspecified atom stereocenters. The van der Waals surface area contributed by atoms with Gasteiger partial charge in [-0.15, -0.1) is 0 Å². The van der Waals surface area contributed by atoms with Crippen LogP contribution in [0.15, 0.2) is 48.9 Å². The molecule has 2 amide bonds. The van der Waals surface area contributed by atoms with Crippen molar-refractivity contribution in [3.8, 4) is 0 Å². The lowest BCUT2D eigenvalue weighted by atomic mass is 9.98. The summed E-state index contributed by atoms with van der Waals surface area (Å²) in [6.07, 6.45) is 3.14. The molecule has 0 atom stereocenters. The highest BCUT2D eigenvalue weighted by atomic mass is 35.5. The van der Waals surface area contributed by atoms with Gasteiger partial charge in [-0.05, 0) is 56.2 Å². The zero-order valence-electron chi connectivity index (χ0n) is 19.4. The van der Waals surface area contributed by atoms with E-state index in [2.05, 4.69) is 20.6 Å². The van der Waals surface area contributed by atoms with Crippen LogP contribution in [0.4, 0.5) is 16.3 Å². The minimum Gasteiger partial charge on any atom is -0.383 e. The number of aromatic nitrogens is 3. The lowest BCUT2D eigenvalue weighted by Gasteiger charge is -2.11. The van der Waals surface area contributed by atoms with Gasteiger partial charge in [0.15, 0.2) is 5.78 Å². The number of hydrogen-bond acceptors (Lipinski definition) is 5. The van der Waals surface area contributed by atoms with Gasteiger partial charge in [0.25, 0.3) is 0 Å².